The van der Waals surface area contributed by atoms with Gasteiger partial charge in [0, 0.05) is 23.6 Å². The predicted octanol–water partition coefficient (Wildman–Crippen LogP) is 3.18. The first kappa shape index (κ1) is 15.4. The third-order valence-electron chi connectivity index (χ3n) is 4.10. The Morgan fingerprint density at radius 2 is 2.30 bits per heavy atom. The molecule has 1 aromatic carbocycles. The van der Waals surface area contributed by atoms with E-state index in [9.17, 15) is 9.18 Å². The van der Waals surface area contributed by atoms with E-state index in [1.807, 2.05) is 4.90 Å². The average Bonchev–Trinajstić information content (AvgIpc) is 2.46. The van der Waals surface area contributed by atoms with Crippen molar-refractivity contribution in [3.05, 3.63) is 34.1 Å². The molecule has 110 valence electrons. The standard InChI is InChI=1S/C15H20BrFN2O/c1-2-10-5-6-19(12(7-10)9-18)15(20)13-4-3-11(17)8-14(13)16/h3-4,8,10,12H,2,5-7,9,18H2,1H3. The van der Waals surface area contributed by atoms with E-state index in [0.29, 0.717) is 22.5 Å². The molecule has 1 heterocycles. The lowest BCUT2D eigenvalue weighted by Crippen LogP contribution is -2.49. The van der Waals surface area contributed by atoms with Gasteiger partial charge >= 0.3 is 0 Å². The zero-order valence-corrected chi connectivity index (χ0v) is 13.2. The molecule has 1 aliphatic rings. The fourth-order valence-electron chi connectivity index (χ4n) is 2.81. The van der Waals surface area contributed by atoms with E-state index in [4.69, 9.17) is 5.73 Å². The lowest BCUT2D eigenvalue weighted by molar-refractivity contribution is 0.0557. The van der Waals surface area contributed by atoms with Gasteiger partial charge in [0.2, 0.25) is 0 Å². The minimum absolute atomic E-state index is 0.0677. The van der Waals surface area contributed by atoms with Crippen LogP contribution in [0, 0.1) is 11.7 Å². The minimum Gasteiger partial charge on any atom is -0.334 e. The maximum Gasteiger partial charge on any atom is 0.255 e. The molecule has 20 heavy (non-hydrogen) atoms. The molecular formula is C15H20BrFN2O. The van der Waals surface area contributed by atoms with Crippen LogP contribution in [0.25, 0.3) is 0 Å². The van der Waals surface area contributed by atoms with Gasteiger partial charge in [-0.05, 0) is 52.9 Å². The fraction of sp³-hybridized carbons (Fsp3) is 0.533. The second kappa shape index (κ2) is 6.68. The molecule has 1 saturated heterocycles. The topological polar surface area (TPSA) is 46.3 Å². The number of amides is 1. The average molecular weight is 343 g/mol. The fourth-order valence-corrected chi connectivity index (χ4v) is 3.33. The second-order valence-electron chi connectivity index (χ2n) is 5.31. The summed E-state index contributed by atoms with van der Waals surface area (Å²) in [4.78, 5) is 14.5. The summed E-state index contributed by atoms with van der Waals surface area (Å²) in [5, 5.41) is 0. The Morgan fingerprint density at radius 3 is 2.90 bits per heavy atom. The number of carbonyl (C=O) groups is 1. The number of nitrogens with two attached hydrogens (primary N) is 1. The molecule has 0 bridgehead atoms. The molecule has 5 heteroatoms. The largest absolute Gasteiger partial charge is 0.334 e. The first-order valence-electron chi connectivity index (χ1n) is 7.02. The summed E-state index contributed by atoms with van der Waals surface area (Å²) in [5.74, 6) is 0.222. The highest BCUT2D eigenvalue weighted by molar-refractivity contribution is 9.10. The molecule has 2 N–H and O–H groups in total. The molecule has 0 saturated carbocycles. The molecule has 0 aromatic heterocycles. The van der Waals surface area contributed by atoms with Crippen molar-refractivity contribution in [1.82, 2.24) is 4.90 Å². The van der Waals surface area contributed by atoms with Gasteiger partial charge in [0.1, 0.15) is 5.82 Å². The summed E-state index contributed by atoms with van der Waals surface area (Å²) in [5.41, 5.74) is 6.32. The Morgan fingerprint density at radius 1 is 1.55 bits per heavy atom. The Balaban J connectivity index is 2.19. The Labute approximate surface area is 127 Å². The lowest BCUT2D eigenvalue weighted by atomic mass is 9.88. The molecule has 2 atom stereocenters. The second-order valence-corrected chi connectivity index (χ2v) is 6.17. The molecule has 3 nitrogen and oxygen atoms in total. The maximum absolute atomic E-state index is 13.1. The van der Waals surface area contributed by atoms with Crippen LogP contribution in [-0.4, -0.2) is 29.9 Å². The van der Waals surface area contributed by atoms with Crippen molar-refractivity contribution >= 4 is 21.8 Å². The first-order chi connectivity index (χ1) is 9.56. The molecule has 0 radical (unpaired) electrons. The smallest absolute Gasteiger partial charge is 0.255 e. The quantitative estimate of drug-likeness (QED) is 0.916. The van der Waals surface area contributed by atoms with Crippen LogP contribution in [0.3, 0.4) is 0 Å². The Kier molecular flexibility index (Phi) is 5.16. The first-order valence-corrected chi connectivity index (χ1v) is 7.82. The van der Waals surface area contributed by atoms with Crippen molar-refractivity contribution in [1.29, 1.82) is 0 Å². The van der Waals surface area contributed by atoms with E-state index >= 15 is 0 Å². The summed E-state index contributed by atoms with van der Waals surface area (Å²) in [7, 11) is 0. The van der Waals surface area contributed by atoms with Crippen molar-refractivity contribution in [2.45, 2.75) is 32.2 Å². The number of rotatable bonds is 3. The van der Waals surface area contributed by atoms with E-state index in [1.54, 1.807) is 0 Å². The third kappa shape index (κ3) is 3.20. The van der Waals surface area contributed by atoms with E-state index in [2.05, 4.69) is 22.9 Å². The number of nitrogens with zero attached hydrogens (tertiary/aromatic N) is 1. The SMILES string of the molecule is CCC1CCN(C(=O)c2ccc(F)cc2Br)C(CN)C1. The van der Waals surface area contributed by atoms with E-state index in [0.717, 1.165) is 25.8 Å². The van der Waals surface area contributed by atoms with Crippen molar-refractivity contribution in [3.8, 4) is 0 Å². The molecule has 0 aliphatic carbocycles. The lowest BCUT2D eigenvalue weighted by Gasteiger charge is -2.39. The molecule has 1 aliphatic heterocycles. The molecular weight excluding hydrogens is 323 g/mol. The Hall–Kier alpha value is -0.940. The maximum atomic E-state index is 13.1. The van der Waals surface area contributed by atoms with Crippen molar-refractivity contribution in [2.75, 3.05) is 13.1 Å². The van der Waals surface area contributed by atoms with Crippen molar-refractivity contribution in [2.24, 2.45) is 11.7 Å². The zero-order valence-electron chi connectivity index (χ0n) is 11.6. The summed E-state index contributed by atoms with van der Waals surface area (Å²) < 4.78 is 13.6. The van der Waals surface area contributed by atoms with Gasteiger partial charge in [-0.25, -0.2) is 4.39 Å². The van der Waals surface area contributed by atoms with E-state index in [-0.39, 0.29) is 17.8 Å². The van der Waals surface area contributed by atoms with Gasteiger partial charge in [-0.15, -0.1) is 0 Å². The van der Waals surface area contributed by atoms with Crippen LogP contribution in [0.1, 0.15) is 36.5 Å². The van der Waals surface area contributed by atoms with Crippen molar-refractivity contribution in [3.63, 3.8) is 0 Å². The number of carbonyl (C=O) groups excluding carboxylic acids is 1. The van der Waals surface area contributed by atoms with Crippen LogP contribution in [0.15, 0.2) is 22.7 Å². The molecule has 2 rings (SSSR count). The number of hydrogen-bond acceptors (Lipinski definition) is 2. The summed E-state index contributed by atoms with van der Waals surface area (Å²) in [6, 6.07) is 4.25. The Bertz CT molecular complexity index is 495. The molecule has 1 fully saturated rings. The normalized spacial score (nSPS) is 22.9. The van der Waals surface area contributed by atoms with Gasteiger partial charge in [0.05, 0.1) is 5.56 Å². The summed E-state index contributed by atoms with van der Waals surface area (Å²) in [6.45, 7) is 3.37. The zero-order chi connectivity index (χ0) is 14.7. The monoisotopic (exact) mass is 342 g/mol. The van der Waals surface area contributed by atoms with Gasteiger partial charge < -0.3 is 10.6 Å². The van der Waals surface area contributed by atoms with Gasteiger partial charge in [-0.2, -0.15) is 0 Å². The van der Waals surface area contributed by atoms with Crippen molar-refractivity contribution < 1.29 is 9.18 Å². The van der Waals surface area contributed by atoms with Crippen LogP contribution in [0.4, 0.5) is 4.39 Å². The minimum atomic E-state index is -0.353. The van der Waals surface area contributed by atoms with E-state index < -0.39 is 0 Å². The molecule has 1 amide bonds. The highest BCUT2D eigenvalue weighted by Crippen LogP contribution is 2.28. The number of likely N-dealkylation sites (tertiary alicyclic amines) is 1. The molecule has 0 spiro atoms. The van der Waals surface area contributed by atoms with E-state index in [1.165, 1.54) is 18.2 Å². The summed E-state index contributed by atoms with van der Waals surface area (Å²) in [6.07, 6.45) is 3.09. The van der Waals surface area contributed by atoms with Crippen LogP contribution >= 0.6 is 15.9 Å². The third-order valence-corrected chi connectivity index (χ3v) is 4.75. The summed E-state index contributed by atoms with van der Waals surface area (Å²) >= 11 is 3.26. The highest BCUT2D eigenvalue weighted by Gasteiger charge is 2.31. The van der Waals surface area contributed by atoms with Crippen LogP contribution < -0.4 is 5.73 Å². The van der Waals surface area contributed by atoms with Crippen LogP contribution in [0.5, 0.6) is 0 Å². The number of benzene rings is 1. The van der Waals surface area contributed by atoms with Gasteiger partial charge in [0.25, 0.3) is 5.91 Å². The van der Waals surface area contributed by atoms with Gasteiger partial charge in [0.15, 0.2) is 0 Å². The number of hydrogen-bond donors (Lipinski definition) is 1. The van der Waals surface area contributed by atoms with Crippen LogP contribution in [-0.2, 0) is 0 Å². The van der Waals surface area contributed by atoms with Crippen LogP contribution in [0.2, 0.25) is 0 Å². The molecule has 1 aromatic rings. The van der Waals surface area contributed by atoms with Gasteiger partial charge in [-0.1, -0.05) is 13.3 Å². The predicted molar refractivity (Wildman–Crippen MR) is 81.0 cm³/mol. The number of halogens is 2. The number of piperidine rings is 1. The highest BCUT2D eigenvalue weighted by atomic mass is 79.9. The molecule has 2 unspecified atom stereocenters. The van der Waals surface area contributed by atoms with Gasteiger partial charge in [-0.3, -0.25) is 4.79 Å².